The Morgan fingerprint density at radius 3 is 2.58 bits per heavy atom. The zero-order valence-corrected chi connectivity index (χ0v) is 12.0. The Morgan fingerprint density at radius 2 is 2.11 bits per heavy atom. The average molecular weight is 288 g/mol. The van der Waals surface area contributed by atoms with Gasteiger partial charge in [0, 0.05) is 22.8 Å². The van der Waals surface area contributed by atoms with Gasteiger partial charge in [0.1, 0.15) is 17.2 Å². The predicted octanol–water partition coefficient (Wildman–Crippen LogP) is 2.30. The predicted molar refractivity (Wildman–Crippen MR) is 73.0 cm³/mol. The van der Waals surface area contributed by atoms with Crippen LogP contribution in [0.5, 0.6) is 0 Å². The van der Waals surface area contributed by atoms with Crippen molar-refractivity contribution < 1.29 is 13.6 Å². The molecule has 0 aromatic heterocycles. The first-order valence-corrected chi connectivity index (χ1v) is 6.88. The number of rotatable bonds is 6. The Balaban J connectivity index is 2.79. The van der Waals surface area contributed by atoms with Gasteiger partial charge in [-0.3, -0.25) is 4.79 Å². The molecule has 1 amide bonds. The topological polar surface area (TPSA) is 55.1 Å². The van der Waals surface area contributed by atoms with E-state index < -0.39 is 23.1 Å². The van der Waals surface area contributed by atoms with Crippen LogP contribution >= 0.6 is 11.8 Å². The molecule has 0 fully saturated rings. The fourth-order valence-corrected chi connectivity index (χ4v) is 2.67. The van der Waals surface area contributed by atoms with E-state index in [-0.39, 0.29) is 11.8 Å². The maximum absolute atomic E-state index is 13.5. The highest BCUT2D eigenvalue weighted by molar-refractivity contribution is 7.99. The lowest BCUT2D eigenvalue weighted by Gasteiger charge is -2.29. The molecule has 1 atom stereocenters. The van der Waals surface area contributed by atoms with Gasteiger partial charge in [0.2, 0.25) is 5.91 Å². The van der Waals surface area contributed by atoms with Gasteiger partial charge in [-0.05, 0) is 32.9 Å². The summed E-state index contributed by atoms with van der Waals surface area (Å²) >= 11 is 1.13. The number of benzene rings is 1. The standard InChI is InChI=1S/C13H18F2N2OS/c1-8(2)17-13(3,12(16)18)7-19-11-5-4-9(14)6-10(11)15/h4-6,8,17H,7H2,1-3H3,(H2,16,18). The first-order chi connectivity index (χ1) is 8.74. The first kappa shape index (κ1) is 15.9. The molecule has 0 aliphatic carbocycles. The fourth-order valence-electron chi connectivity index (χ4n) is 1.64. The van der Waals surface area contributed by atoms with Crippen LogP contribution in [-0.4, -0.2) is 23.2 Å². The van der Waals surface area contributed by atoms with Crippen molar-refractivity contribution in [2.45, 2.75) is 37.2 Å². The summed E-state index contributed by atoms with van der Waals surface area (Å²) in [4.78, 5) is 11.8. The Kier molecular flexibility index (Phi) is 5.31. The van der Waals surface area contributed by atoms with Crippen molar-refractivity contribution in [1.82, 2.24) is 5.32 Å². The van der Waals surface area contributed by atoms with Crippen molar-refractivity contribution in [3.8, 4) is 0 Å². The minimum atomic E-state index is -0.945. The molecule has 1 unspecified atom stereocenters. The molecule has 0 saturated carbocycles. The second kappa shape index (κ2) is 6.34. The molecule has 0 aliphatic rings. The van der Waals surface area contributed by atoms with Crippen LogP contribution in [0, 0.1) is 11.6 Å². The van der Waals surface area contributed by atoms with E-state index in [1.807, 2.05) is 13.8 Å². The van der Waals surface area contributed by atoms with Crippen LogP contribution in [0.2, 0.25) is 0 Å². The van der Waals surface area contributed by atoms with Crippen molar-refractivity contribution >= 4 is 17.7 Å². The van der Waals surface area contributed by atoms with Crippen molar-refractivity contribution in [1.29, 1.82) is 0 Å². The van der Waals surface area contributed by atoms with E-state index in [0.29, 0.717) is 4.90 Å². The molecule has 6 heteroatoms. The summed E-state index contributed by atoms with van der Waals surface area (Å²) in [5, 5.41) is 3.06. The first-order valence-electron chi connectivity index (χ1n) is 5.90. The summed E-state index contributed by atoms with van der Waals surface area (Å²) in [5.74, 6) is -1.50. The van der Waals surface area contributed by atoms with E-state index in [1.54, 1.807) is 6.92 Å². The number of nitrogens with two attached hydrogens (primary N) is 1. The summed E-state index contributed by atoms with van der Waals surface area (Å²) in [6, 6.07) is 3.42. The molecule has 1 rings (SSSR count). The third-order valence-electron chi connectivity index (χ3n) is 2.56. The van der Waals surface area contributed by atoms with Crippen LogP contribution in [0.4, 0.5) is 8.78 Å². The van der Waals surface area contributed by atoms with Gasteiger partial charge in [-0.2, -0.15) is 0 Å². The van der Waals surface area contributed by atoms with Gasteiger partial charge < -0.3 is 11.1 Å². The Hall–Kier alpha value is -1.14. The molecule has 0 bridgehead atoms. The number of carbonyl (C=O) groups excluding carboxylic acids is 1. The van der Waals surface area contributed by atoms with E-state index >= 15 is 0 Å². The molecular formula is C13H18F2N2OS. The fraction of sp³-hybridized carbons (Fsp3) is 0.462. The van der Waals surface area contributed by atoms with Crippen LogP contribution in [-0.2, 0) is 4.79 Å². The molecule has 1 aromatic carbocycles. The summed E-state index contributed by atoms with van der Waals surface area (Å²) in [7, 11) is 0. The molecule has 19 heavy (non-hydrogen) atoms. The van der Waals surface area contributed by atoms with Crippen molar-refractivity contribution in [2.24, 2.45) is 5.73 Å². The van der Waals surface area contributed by atoms with E-state index in [9.17, 15) is 13.6 Å². The number of hydrogen-bond acceptors (Lipinski definition) is 3. The van der Waals surface area contributed by atoms with Gasteiger partial charge in [0.25, 0.3) is 0 Å². The molecule has 1 aromatic rings. The lowest BCUT2D eigenvalue weighted by molar-refractivity contribution is -0.123. The molecular weight excluding hydrogens is 270 g/mol. The zero-order chi connectivity index (χ0) is 14.6. The van der Waals surface area contributed by atoms with Crippen molar-refractivity contribution in [3.63, 3.8) is 0 Å². The SMILES string of the molecule is CC(C)NC(C)(CSc1ccc(F)cc1F)C(N)=O. The van der Waals surface area contributed by atoms with E-state index in [4.69, 9.17) is 5.73 Å². The molecule has 0 radical (unpaired) electrons. The van der Waals surface area contributed by atoms with Gasteiger partial charge in [-0.1, -0.05) is 0 Å². The van der Waals surface area contributed by atoms with E-state index in [2.05, 4.69) is 5.32 Å². The Bertz CT molecular complexity index is 468. The molecule has 0 heterocycles. The van der Waals surface area contributed by atoms with Crippen molar-refractivity contribution in [3.05, 3.63) is 29.8 Å². The van der Waals surface area contributed by atoms with Crippen LogP contribution in [0.1, 0.15) is 20.8 Å². The minimum absolute atomic E-state index is 0.0659. The number of primary amides is 1. The second-order valence-electron chi connectivity index (χ2n) is 4.86. The molecule has 0 saturated heterocycles. The maximum atomic E-state index is 13.5. The van der Waals surface area contributed by atoms with Crippen molar-refractivity contribution in [2.75, 3.05) is 5.75 Å². The summed E-state index contributed by atoms with van der Waals surface area (Å²) in [6.07, 6.45) is 0. The number of carbonyl (C=O) groups is 1. The monoisotopic (exact) mass is 288 g/mol. The molecule has 0 aliphatic heterocycles. The lowest BCUT2D eigenvalue weighted by atomic mass is 10.0. The van der Waals surface area contributed by atoms with Gasteiger partial charge in [0.05, 0.1) is 0 Å². The summed E-state index contributed by atoms with van der Waals surface area (Å²) in [6.45, 7) is 5.46. The number of halogens is 2. The quantitative estimate of drug-likeness (QED) is 0.790. The highest BCUT2D eigenvalue weighted by Gasteiger charge is 2.31. The third-order valence-corrected chi connectivity index (χ3v) is 3.93. The highest BCUT2D eigenvalue weighted by atomic mass is 32.2. The summed E-state index contributed by atoms with van der Waals surface area (Å²) < 4.78 is 26.3. The summed E-state index contributed by atoms with van der Waals surface area (Å²) in [5.41, 5.74) is 4.43. The number of amides is 1. The Labute approximate surface area is 115 Å². The molecule has 0 spiro atoms. The Morgan fingerprint density at radius 1 is 1.47 bits per heavy atom. The largest absolute Gasteiger partial charge is 0.368 e. The number of hydrogen-bond donors (Lipinski definition) is 2. The number of thioether (sulfide) groups is 1. The van der Waals surface area contributed by atoms with Crippen LogP contribution < -0.4 is 11.1 Å². The average Bonchev–Trinajstić information content (AvgIpc) is 2.26. The van der Waals surface area contributed by atoms with Crippen LogP contribution in [0.3, 0.4) is 0 Å². The smallest absolute Gasteiger partial charge is 0.238 e. The maximum Gasteiger partial charge on any atom is 0.238 e. The van der Waals surface area contributed by atoms with Crippen LogP contribution in [0.25, 0.3) is 0 Å². The van der Waals surface area contributed by atoms with Gasteiger partial charge in [-0.25, -0.2) is 8.78 Å². The molecule has 3 N–H and O–H groups in total. The van der Waals surface area contributed by atoms with Crippen LogP contribution in [0.15, 0.2) is 23.1 Å². The highest BCUT2D eigenvalue weighted by Crippen LogP contribution is 2.26. The molecule has 3 nitrogen and oxygen atoms in total. The lowest BCUT2D eigenvalue weighted by Crippen LogP contribution is -2.57. The second-order valence-corrected chi connectivity index (χ2v) is 5.88. The molecule has 106 valence electrons. The van der Waals surface area contributed by atoms with E-state index in [0.717, 1.165) is 17.8 Å². The van der Waals surface area contributed by atoms with Gasteiger partial charge >= 0.3 is 0 Å². The van der Waals surface area contributed by atoms with Gasteiger partial charge in [0.15, 0.2) is 0 Å². The van der Waals surface area contributed by atoms with E-state index in [1.165, 1.54) is 12.1 Å². The third kappa shape index (κ3) is 4.47. The zero-order valence-electron chi connectivity index (χ0n) is 11.2. The van der Waals surface area contributed by atoms with Gasteiger partial charge in [-0.15, -0.1) is 11.8 Å². The number of nitrogens with one attached hydrogen (secondary N) is 1. The minimum Gasteiger partial charge on any atom is -0.368 e. The normalized spacial score (nSPS) is 14.4.